The van der Waals surface area contributed by atoms with Gasteiger partial charge in [0, 0.05) is 30.1 Å². The highest BCUT2D eigenvalue weighted by molar-refractivity contribution is 6.30. The number of aromatic nitrogens is 2. The molecule has 0 aliphatic carbocycles. The second kappa shape index (κ2) is 8.01. The molecule has 2 aromatic rings. The lowest BCUT2D eigenvalue weighted by molar-refractivity contribution is 0.122. The van der Waals surface area contributed by atoms with Crippen LogP contribution in [0.5, 0.6) is 5.75 Å². The van der Waals surface area contributed by atoms with Crippen molar-refractivity contribution >= 4 is 29.2 Å². The van der Waals surface area contributed by atoms with Crippen LogP contribution in [0.25, 0.3) is 11.3 Å². The van der Waals surface area contributed by atoms with Crippen LogP contribution in [0, 0.1) is 0 Å². The van der Waals surface area contributed by atoms with E-state index in [9.17, 15) is 0 Å². The normalized spacial score (nSPS) is 14.7. The summed E-state index contributed by atoms with van der Waals surface area (Å²) in [6, 6.07) is 7.76. The monoisotopic (exact) mass is 367 g/mol. The molecule has 3 rings (SSSR count). The van der Waals surface area contributed by atoms with Crippen molar-refractivity contribution in [3.8, 4) is 17.0 Å². The van der Waals surface area contributed by atoms with Crippen molar-refractivity contribution < 1.29 is 9.47 Å². The van der Waals surface area contributed by atoms with E-state index in [1.807, 2.05) is 24.3 Å². The predicted molar refractivity (Wildman–Crippen MR) is 96.5 cm³/mol. The molecule has 1 fully saturated rings. The molecule has 0 unspecified atom stereocenters. The lowest BCUT2D eigenvalue weighted by Crippen LogP contribution is -2.37. The van der Waals surface area contributed by atoms with Gasteiger partial charge >= 0.3 is 0 Å². The molecule has 1 aliphatic rings. The van der Waals surface area contributed by atoms with Gasteiger partial charge in [0.15, 0.2) is 0 Å². The molecule has 0 atom stereocenters. The van der Waals surface area contributed by atoms with Gasteiger partial charge in [0.1, 0.15) is 10.9 Å². The van der Waals surface area contributed by atoms with Crippen molar-refractivity contribution in [2.75, 3.05) is 44.2 Å². The van der Waals surface area contributed by atoms with Crippen LogP contribution >= 0.6 is 23.2 Å². The van der Waals surface area contributed by atoms with E-state index in [0.717, 1.165) is 35.7 Å². The molecule has 0 spiro atoms. The molecule has 2 heterocycles. The van der Waals surface area contributed by atoms with Gasteiger partial charge in [-0.15, -0.1) is 11.6 Å². The maximum absolute atomic E-state index is 6.46. The molecule has 0 bridgehead atoms. The molecule has 0 radical (unpaired) electrons. The number of hydrogen-bond donors (Lipinski definition) is 0. The molecule has 128 valence electrons. The van der Waals surface area contributed by atoms with E-state index in [0.29, 0.717) is 36.6 Å². The van der Waals surface area contributed by atoms with Gasteiger partial charge in [0.2, 0.25) is 5.95 Å². The maximum Gasteiger partial charge on any atom is 0.227 e. The van der Waals surface area contributed by atoms with E-state index in [2.05, 4.69) is 9.88 Å². The summed E-state index contributed by atoms with van der Waals surface area (Å²) < 4.78 is 10.7. The van der Waals surface area contributed by atoms with Gasteiger partial charge in [-0.2, -0.15) is 0 Å². The third-order valence-corrected chi connectivity index (χ3v) is 4.43. The first-order valence-electron chi connectivity index (χ1n) is 7.82. The Labute approximate surface area is 151 Å². The van der Waals surface area contributed by atoms with E-state index >= 15 is 0 Å². The Balaban J connectivity index is 2.07. The molecular formula is C17H19Cl2N3O2. The van der Waals surface area contributed by atoms with Crippen molar-refractivity contribution in [2.24, 2.45) is 0 Å². The largest absolute Gasteiger partial charge is 0.497 e. The van der Waals surface area contributed by atoms with Gasteiger partial charge in [-0.25, -0.2) is 9.97 Å². The predicted octanol–water partition coefficient (Wildman–Crippen LogP) is 3.42. The van der Waals surface area contributed by atoms with Crippen molar-refractivity contribution in [2.45, 2.75) is 6.42 Å². The molecule has 7 heteroatoms. The first-order chi connectivity index (χ1) is 11.7. The van der Waals surface area contributed by atoms with Crippen LogP contribution in [0.4, 0.5) is 5.95 Å². The van der Waals surface area contributed by atoms with Crippen LogP contribution in [0.15, 0.2) is 24.3 Å². The Morgan fingerprint density at radius 3 is 2.75 bits per heavy atom. The zero-order chi connectivity index (χ0) is 16.9. The topological polar surface area (TPSA) is 47.5 Å². The number of alkyl halides is 1. The number of rotatable bonds is 5. The Kier molecular flexibility index (Phi) is 5.76. The Hall–Kier alpha value is -1.56. The molecule has 1 aromatic heterocycles. The SMILES string of the molecule is COc1cccc(-c2nc(N3CCOCC3)nc(Cl)c2CCCl)c1. The standard InChI is InChI=1S/C17H19Cl2N3O2/c1-23-13-4-2-3-12(11-13)15-14(5-6-18)16(19)21-17(20-15)22-7-9-24-10-8-22/h2-4,11H,5-10H2,1H3. The van der Waals surface area contributed by atoms with Crippen LogP contribution in [-0.2, 0) is 11.2 Å². The van der Waals surface area contributed by atoms with Crippen LogP contribution in [0.1, 0.15) is 5.56 Å². The number of anilines is 1. The first-order valence-corrected chi connectivity index (χ1v) is 8.73. The third-order valence-electron chi connectivity index (χ3n) is 3.93. The average molecular weight is 368 g/mol. The number of methoxy groups -OCH3 is 1. The maximum atomic E-state index is 6.46. The molecule has 24 heavy (non-hydrogen) atoms. The van der Waals surface area contributed by atoms with Gasteiger partial charge in [0.25, 0.3) is 0 Å². The summed E-state index contributed by atoms with van der Waals surface area (Å²) in [6.07, 6.45) is 0.607. The molecular weight excluding hydrogens is 349 g/mol. The zero-order valence-electron chi connectivity index (χ0n) is 13.5. The van der Waals surface area contributed by atoms with Crippen molar-refractivity contribution in [3.63, 3.8) is 0 Å². The Morgan fingerprint density at radius 1 is 1.25 bits per heavy atom. The number of halogens is 2. The number of hydrogen-bond acceptors (Lipinski definition) is 5. The second-order valence-electron chi connectivity index (χ2n) is 5.41. The molecule has 1 aromatic carbocycles. The summed E-state index contributed by atoms with van der Waals surface area (Å²) >= 11 is 12.4. The van der Waals surface area contributed by atoms with E-state index < -0.39 is 0 Å². The fourth-order valence-electron chi connectivity index (χ4n) is 2.68. The molecule has 1 saturated heterocycles. The number of benzene rings is 1. The van der Waals surface area contributed by atoms with Crippen LogP contribution in [-0.4, -0.2) is 49.3 Å². The Bertz CT molecular complexity index is 706. The first kappa shape index (κ1) is 17.3. The number of ether oxygens (including phenoxy) is 2. The fraction of sp³-hybridized carbons (Fsp3) is 0.412. The van der Waals surface area contributed by atoms with Gasteiger partial charge in [0.05, 0.1) is 26.0 Å². The molecule has 0 saturated carbocycles. The summed E-state index contributed by atoms with van der Waals surface area (Å²) in [6.45, 7) is 2.84. The van der Waals surface area contributed by atoms with Crippen molar-refractivity contribution in [1.29, 1.82) is 0 Å². The summed E-state index contributed by atoms with van der Waals surface area (Å²) in [4.78, 5) is 11.3. The van der Waals surface area contributed by atoms with Gasteiger partial charge in [-0.3, -0.25) is 0 Å². The molecule has 0 N–H and O–H groups in total. The second-order valence-corrected chi connectivity index (χ2v) is 6.15. The van der Waals surface area contributed by atoms with Crippen LogP contribution in [0.3, 0.4) is 0 Å². The minimum absolute atomic E-state index is 0.449. The zero-order valence-corrected chi connectivity index (χ0v) is 15.0. The minimum atomic E-state index is 0.449. The summed E-state index contributed by atoms with van der Waals surface area (Å²) in [5, 5.41) is 0.449. The molecule has 1 aliphatic heterocycles. The van der Waals surface area contributed by atoms with Gasteiger partial charge in [-0.1, -0.05) is 23.7 Å². The quantitative estimate of drug-likeness (QED) is 0.598. The van der Waals surface area contributed by atoms with Crippen molar-refractivity contribution in [3.05, 3.63) is 35.0 Å². The number of morpholine rings is 1. The van der Waals surface area contributed by atoms with E-state index in [1.54, 1.807) is 7.11 Å². The minimum Gasteiger partial charge on any atom is -0.497 e. The van der Waals surface area contributed by atoms with Crippen LogP contribution < -0.4 is 9.64 Å². The van der Waals surface area contributed by atoms with E-state index in [4.69, 9.17) is 37.7 Å². The summed E-state index contributed by atoms with van der Waals surface area (Å²) in [5.74, 6) is 1.85. The molecule has 0 amide bonds. The smallest absolute Gasteiger partial charge is 0.227 e. The lowest BCUT2D eigenvalue weighted by atomic mass is 10.1. The van der Waals surface area contributed by atoms with E-state index in [1.165, 1.54) is 0 Å². The fourth-order valence-corrected chi connectivity index (χ4v) is 3.12. The highest BCUT2D eigenvalue weighted by atomic mass is 35.5. The highest BCUT2D eigenvalue weighted by Gasteiger charge is 2.20. The van der Waals surface area contributed by atoms with Gasteiger partial charge < -0.3 is 14.4 Å². The van der Waals surface area contributed by atoms with Gasteiger partial charge in [-0.05, 0) is 18.6 Å². The van der Waals surface area contributed by atoms with Crippen LogP contribution in [0.2, 0.25) is 5.15 Å². The summed E-state index contributed by atoms with van der Waals surface area (Å²) in [5.41, 5.74) is 2.60. The lowest BCUT2D eigenvalue weighted by Gasteiger charge is -2.27. The van der Waals surface area contributed by atoms with E-state index in [-0.39, 0.29) is 0 Å². The molecule has 5 nitrogen and oxygen atoms in total. The number of nitrogens with zero attached hydrogens (tertiary/aromatic N) is 3. The highest BCUT2D eigenvalue weighted by Crippen LogP contribution is 2.31. The summed E-state index contributed by atoms with van der Waals surface area (Å²) in [7, 11) is 1.64. The average Bonchev–Trinajstić information content (AvgIpc) is 2.64. The third kappa shape index (κ3) is 3.74. The van der Waals surface area contributed by atoms with Crippen molar-refractivity contribution in [1.82, 2.24) is 9.97 Å². The Morgan fingerprint density at radius 2 is 2.04 bits per heavy atom.